The lowest BCUT2D eigenvalue weighted by Crippen LogP contribution is -2.23. The van der Waals surface area contributed by atoms with Crippen molar-refractivity contribution in [2.75, 3.05) is 5.32 Å². The molecular formula is C25H24N2O3. The number of para-hydroxylation sites is 1. The van der Waals surface area contributed by atoms with Crippen molar-refractivity contribution in [3.05, 3.63) is 95.6 Å². The van der Waals surface area contributed by atoms with E-state index in [1.54, 1.807) is 24.3 Å². The van der Waals surface area contributed by atoms with Crippen LogP contribution >= 0.6 is 0 Å². The van der Waals surface area contributed by atoms with Crippen molar-refractivity contribution < 1.29 is 14.3 Å². The maximum absolute atomic E-state index is 12.5. The first-order chi connectivity index (χ1) is 14.7. The molecule has 5 nitrogen and oxygen atoms in total. The van der Waals surface area contributed by atoms with E-state index >= 15 is 0 Å². The minimum absolute atomic E-state index is 0.0549. The molecule has 4 rings (SSSR count). The number of anilines is 1. The number of ether oxygens (including phenoxy) is 1. The van der Waals surface area contributed by atoms with Crippen molar-refractivity contribution in [3.8, 4) is 5.75 Å². The highest BCUT2D eigenvalue weighted by atomic mass is 16.5. The second-order valence-electron chi connectivity index (χ2n) is 7.41. The van der Waals surface area contributed by atoms with Crippen LogP contribution in [0.4, 0.5) is 5.69 Å². The largest absolute Gasteiger partial charge is 0.489 e. The molecule has 3 aromatic carbocycles. The van der Waals surface area contributed by atoms with Crippen LogP contribution in [-0.2, 0) is 17.9 Å². The Labute approximate surface area is 176 Å². The van der Waals surface area contributed by atoms with E-state index in [1.807, 2.05) is 54.6 Å². The summed E-state index contributed by atoms with van der Waals surface area (Å²) in [5, 5.41) is 5.81. The van der Waals surface area contributed by atoms with E-state index < -0.39 is 0 Å². The fraction of sp³-hybridized carbons (Fsp3) is 0.200. The summed E-state index contributed by atoms with van der Waals surface area (Å²) in [6, 6.07) is 24.6. The van der Waals surface area contributed by atoms with Crippen LogP contribution in [0.2, 0.25) is 0 Å². The predicted molar refractivity (Wildman–Crippen MR) is 116 cm³/mol. The van der Waals surface area contributed by atoms with Crippen LogP contribution in [0.5, 0.6) is 5.75 Å². The standard InChI is InChI=1S/C25H24N2O3/c28-24(19-12-14-22(15-13-19)27-25(29)20-10-11-20)26-16-21-8-4-5-9-23(21)30-17-18-6-2-1-3-7-18/h1-9,12-15,20H,10-11,16-17H2,(H,26,28)(H,27,29). The molecule has 1 aliphatic rings. The first kappa shape index (κ1) is 19.7. The van der Waals surface area contributed by atoms with Crippen molar-refractivity contribution in [1.82, 2.24) is 5.32 Å². The van der Waals surface area contributed by atoms with Gasteiger partial charge in [0.05, 0.1) is 0 Å². The van der Waals surface area contributed by atoms with Crippen LogP contribution in [0, 0.1) is 5.92 Å². The van der Waals surface area contributed by atoms with E-state index in [4.69, 9.17) is 4.74 Å². The van der Waals surface area contributed by atoms with Gasteiger partial charge in [-0.05, 0) is 48.7 Å². The van der Waals surface area contributed by atoms with Gasteiger partial charge >= 0.3 is 0 Å². The van der Waals surface area contributed by atoms with E-state index in [2.05, 4.69) is 10.6 Å². The molecule has 0 unspecified atom stereocenters. The van der Waals surface area contributed by atoms with Gasteiger partial charge in [0, 0.05) is 29.3 Å². The molecule has 1 fully saturated rings. The number of nitrogens with one attached hydrogen (secondary N) is 2. The summed E-state index contributed by atoms with van der Waals surface area (Å²) in [6.07, 6.45) is 1.92. The van der Waals surface area contributed by atoms with Crippen molar-refractivity contribution in [2.24, 2.45) is 5.92 Å². The van der Waals surface area contributed by atoms with E-state index in [9.17, 15) is 9.59 Å². The Bertz CT molecular complexity index is 1010. The molecule has 0 radical (unpaired) electrons. The average Bonchev–Trinajstić information content (AvgIpc) is 3.63. The fourth-order valence-electron chi connectivity index (χ4n) is 3.10. The van der Waals surface area contributed by atoms with Crippen molar-refractivity contribution >= 4 is 17.5 Å². The highest BCUT2D eigenvalue weighted by Gasteiger charge is 2.29. The fourth-order valence-corrected chi connectivity index (χ4v) is 3.10. The summed E-state index contributed by atoms with van der Waals surface area (Å²) < 4.78 is 5.95. The molecule has 152 valence electrons. The predicted octanol–water partition coefficient (Wildman–Crippen LogP) is 4.54. The van der Waals surface area contributed by atoms with Gasteiger partial charge in [0.25, 0.3) is 5.91 Å². The number of hydrogen-bond acceptors (Lipinski definition) is 3. The van der Waals surface area contributed by atoms with Gasteiger partial charge in [-0.15, -0.1) is 0 Å². The Morgan fingerprint density at radius 3 is 2.30 bits per heavy atom. The molecule has 0 aromatic heterocycles. The molecule has 1 aliphatic carbocycles. The van der Waals surface area contributed by atoms with Gasteiger partial charge < -0.3 is 15.4 Å². The first-order valence-corrected chi connectivity index (χ1v) is 10.1. The maximum atomic E-state index is 12.5. The summed E-state index contributed by atoms with van der Waals surface area (Å²) in [5.74, 6) is 0.782. The van der Waals surface area contributed by atoms with Crippen molar-refractivity contribution in [2.45, 2.75) is 26.0 Å². The maximum Gasteiger partial charge on any atom is 0.251 e. The van der Waals surface area contributed by atoms with Gasteiger partial charge in [0.15, 0.2) is 0 Å². The number of hydrogen-bond donors (Lipinski definition) is 2. The number of carbonyl (C=O) groups is 2. The van der Waals surface area contributed by atoms with Gasteiger partial charge in [-0.2, -0.15) is 0 Å². The lowest BCUT2D eigenvalue weighted by Gasteiger charge is -2.12. The molecule has 0 bridgehead atoms. The Kier molecular flexibility index (Phi) is 6.09. The molecule has 0 aliphatic heterocycles. The van der Waals surface area contributed by atoms with Gasteiger partial charge in [-0.1, -0.05) is 48.5 Å². The molecule has 2 N–H and O–H groups in total. The topological polar surface area (TPSA) is 67.4 Å². The van der Waals surface area contributed by atoms with Crippen LogP contribution in [-0.4, -0.2) is 11.8 Å². The summed E-state index contributed by atoms with van der Waals surface area (Å²) in [7, 11) is 0. The zero-order valence-corrected chi connectivity index (χ0v) is 16.6. The summed E-state index contributed by atoms with van der Waals surface area (Å²) in [5.41, 5.74) is 3.26. The van der Waals surface area contributed by atoms with Crippen molar-refractivity contribution in [3.63, 3.8) is 0 Å². The number of rotatable bonds is 8. The van der Waals surface area contributed by atoms with Gasteiger partial charge in [0.2, 0.25) is 5.91 Å². The summed E-state index contributed by atoms with van der Waals surface area (Å²) in [4.78, 5) is 24.3. The number of benzene rings is 3. The molecule has 5 heteroatoms. The van der Waals surface area contributed by atoms with E-state index in [1.165, 1.54) is 0 Å². The minimum atomic E-state index is -0.173. The van der Waals surface area contributed by atoms with E-state index in [0.29, 0.717) is 24.4 Å². The van der Waals surface area contributed by atoms with E-state index in [0.717, 1.165) is 29.7 Å². The Balaban J connectivity index is 1.32. The highest BCUT2D eigenvalue weighted by molar-refractivity contribution is 5.96. The minimum Gasteiger partial charge on any atom is -0.489 e. The van der Waals surface area contributed by atoms with Crippen LogP contribution in [0.3, 0.4) is 0 Å². The molecule has 0 saturated heterocycles. The van der Waals surface area contributed by atoms with Gasteiger partial charge in [-0.3, -0.25) is 9.59 Å². The molecule has 1 saturated carbocycles. The number of amides is 2. The van der Waals surface area contributed by atoms with Crippen LogP contribution in [0.15, 0.2) is 78.9 Å². The summed E-state index contributed by atoms with van der Waals surface area (Å²) in [6.45, 7) is 0.837. The third-order valence-corrected chi connectivity index (χ3v) is 5.01. The SMILES string of the molecule is O=C(NCc1ccccc1OCc1ccccc1)c1ccc(NC(=O)C2CC2)cc1. The Hall–Kier alpha value is -3.60. The first-order valence-electron chi connectivity index (χ1n) is 10.1. The highest BCUT2D eigenvalue weighted by Crippen LogP contribution is 2.30. The third-order valence-electron chi connectivity index (χ3n) is 5.01. The second kappa shape index (κ2) is 9.27. The normalized spacial score (nSPS) is 12.8. The number of carbonyl (C=O) groups excluding carboxylic acids is 2. The van der Waals surface area contributed by atoms with Gasteiger partial charge in [0.1, 0.15) is 12.4 Å². The molecule has 0 atom stereocenters. The van der Waals surface area contributed by atoms with Crippen LogP contribution in [0.1, 0.15) is 34.3 Å². The van der Waals surface area contributed by atoms with Crippen LogP contribution < -0.4 is 15.4 Å². The molecule has 0 spiro atoms. The smallest absolute Gasteiger partial charge is 0.251 e. The molecular weight excluding hydrogens is 376 g/mol. The lowest BCUT2D eigenvalue weighted by molar-refractivity contribution is -0.117. The van der Waals surface area contributed by atoms with E-state index in [-0.39, 0.29) is 17.7 Å². The third kappa shape index (κ3) is 5.26. The lowest BCUT2D eigenvalue weighted by atomic mass is 10.1. The zero-order valence-electron chi connectivity index (χ0n) is 16.6. The Morgan fingerprint density at radius 2 is 1.57 bits per heavy atom. The monoisotopic (exact) mass is 400 g/mol. The van der Waals surface area contributed by atoms with Crippen molar-refractivity contribution in [1.29, 1.82) is 0 Å². The zero-order chi connectivity index (χ0) is 20.8. The van der Waals surface area contributed by atoms with Crippen LogP contribution in [0.25, 0.3) is 0 Å². The summed E-state index contributed by atoms with van der Waals surface area (Å²) >= 11 is 0. The Morgan fingerprint density at radius 1 is 0.867 bits per heavy atom. The molecule has 2 amide bonds. The molecule has 3 aromatic rings. The molecule has 0 heterocycles. The molecule has 30 heavy (non-hydrogen) atoms. The average molecular weight is 400 g/mol. The van der Waals surface area contributed by atoms with Gasteiger partial charge in [-0.25, -0.2) is 0 Å². The second-order valence-corrected chi connectivity index (χ2v) is 7.41. The quantitative estimate of drug-likeness (QED) is 0.583.